The molecule has 0 unspecified atom stereocenters. The van der Waals surface area contributed by atoms with Crippen LogP contribution in [0.5, 0.6) is 0 Å². The van der Waals surface area contributed by atoms with E-state index in [2.05, 4.69) is 15.0 Å². The number of fused-ring (bicyclic) bond motifs is 1. The van der Waals surface area contributed by atoms with Gasteiger partial charge >= 0.3 is 0 Å². The number of nitrogens with zero attached hydrogens (tertiary/aromatic N) is 4. The molecule has 0 aromatic carbocycles. The summed E-state index contributed by atoms with van der Waals surface area (Å²) in [5.74, 6) is -0.823. The molecule has 0 radical (unpaired) electrons. The number of rotatable bonds is 3. The van der Waals surface area contributed by atoms with Crippen LogP contribution in [-0.4, -0.2) is 42.3 Å². The van der Waals surface area contributed by atoms with Crippen LogP contribution < -0.4 is 11.2 Å². The molecule has 21 heavy (non-hydrogen) atoms. The van der Waals surface area contributed by atoms with Gasteiger partial charge in [0, 0.05) is 18.6 Å². The van der Waals surface area contributed by atoms with E-state index in [9.17, 15) is 9.90 Å². The summed E-state index contributed by atoms with van der Waals surface area (Å²) in [5.41, 5.74) is 8.54. The molecule has 1 fully saturated rings. The van der Waals surface area contributed by atoms with Gasteiger partial charge in [0.15, 0.2) is 11.5 Å². The smallest absolute Gasteiger partial charge is 0.246 e. The number of hydroxylamine groups is 1. The van der Waals surface area contributed by atoms with Gasteiger partial charge in [-0.2, -0.15) is 0 Å². The van der Waals surface area contributed by atoms with Gasteiger partial charge in [-0.3, -0.25) is 10.0 Å². The van der Waals surface area contributed by atoms with Crippen LogP contribution >= 0.6 is 0 Å². The third kappa shape index (κ3) is 2.20. The van der Waals surface area contributed by atoms with E-state index in [1.54, 1.807) is 11.8 Å². The van der Waals surface area contributed by atoms with Crippen LogP contribution in [0.2, 0.25) is 0 Å². The van der Waals surface area contributed by atoms with Gasteiger partial charge in [0.2, 0.25) is 5.91 Å². The van der Waals surface area contributed by atoms with E-state index >= 15 is 0 Å². The minimum atomic E-state index is -0.477. The number of carbonyl (C=O) groups excluding carboxylic acids is 1. The molecule has 2 aromatic heterocycles. The van der Waals surface area contributed by atoms with Crippen LogP contribution in [0.1, 0.15) is 18.9 Å². The van der Waals surface area contributed by atoms with E-state index in [1.807, 2.05) is 4.57 Å². The molecular formula is C12H16N6O3. The number of hydrogen-bond donors (Lipinski definition) is 4. The number of amides is 1. The number of hydrogen-bond acceptors (Lipinski definition) is 7. The van der Waals surface area contributed by atoms with Crippen LogP contribution in [0.15, 0.2) is 12.7 Å². The standard InChI is InChI=1S/C12H16N6O3/c13-10-9-11(15-4-14-10)18(5-16-9)7-1-6(3-19)8(2-7)12(20)17-21/h4-8,19,21H,1-3H2,(H,17,20)(H2,13,14,15)/t6-,7+,8-/m0/s1. The van der Waals surface area contributed by atoms with Crippen molar-refractivity contribution in [1.29, 1.82) is 0 Å². The first-order valence-corrected chi connectivity index (χ1v) is 6.63. The average Bonchev–Trinajstić information content (AvgIpc) is 3.10. The van der Waals surface area contributed by atoms with Crippen molar-refractivity contribution in [2.75, 3.05) is 12.3 Å². The molecular weight excluding hydrogens is 276 g/mol. The Labute approximate surface area is 119 Å². The highest BCUT2D eigenvalue weighted by Crippen LogP contribution is 2.40. The maximum atomic E-state index is 11.7. The van der Waals surface area contributed by atoms with Crippen LogP contribution in [0.4, 0.5) is 5.82 Å². The summed E-state index contributed by atoms with van der Waals surface area (Å²) in [4.78, 5) is 24.0. The molecule has 9 nitrogen and oxygen atoms in total. The number of aromatic nitrogens is 4. The second-order valence-electron chi connectivity index (χ2n) is 5.23. The van der Waals surface area contributed by atoms with E-state index in [-0.39, 0.29) is 18.6 Å². The lowest BCUT2D eigenvalue weighted by molar-refractivity contribution is -0.135. The van der Waals surface area contributed by atoms with E-state index < -0.39 is 11.8 Å². The normalized spacial score (nSPS) is 25.3. The summed E-state index contributed by atoms with van der Waals surface area (Å²) in [6.07, 6.45) is 4.08. The van der Waals surface area contributed by atoms with Gasteiger partial charge in [0.05, 0.1) is 6.33 Å². The average molecular weight is 292 g/mol. The van der Waals surface area contributed by atoms with Crippen LogP contribution in [0, 0.1) is 11.8 Å². The molecule has 2 heterocycles. The Morgan fingerprint density at radius 1 is 1.43 bits per heavy atom. The third-order valence-corrected chi connectivity index (χ3v) is 4.13. The Morgan fingerprint density at radius 2 is 2.24 bits per heavy atom. The van der Waals surface area contributed by atoms with Gasteiger partial charge in [-0.1, -0.05) is 0 Å². The lowest BCUT2D eigenvalue weighted by Gasteiger charge is -2.13. The second kappa shape index (κ2) is 5.26. The van der Waals surface area contributed by atoms with Crippen LogP contribution in [-0.2, 0) is 4.79 Å². The Morgan fingerprint density at radius 3 is 2.95 bits per heavy atom. The molecule has 9 heteroatoms. The minimum absolute atomic E-state index is 0.0382. The van der Waals surface area contributed by atoms with Crippen molar-refractivity contribution in [2.45, 2.75) is 18.9 Å². The van der Waals surface area contributed by atoms with E-state index in [0.29, 0.717) is 29.8 Å². The fraction of sp³-hybridized carbons (Fsp3) is 0.500. The van der Waals surface area contributed by atoms with Crippen LogP contribution in [0.25, 0.3) is 11.2 Å². The molecule has 1 aliphatic rings. The van der Waals surface area contributed by atoms with E-state index in [0.717, 1.165) is 0 Å². The van der Waals surface area contributed by atoms with E-state index in [1.165, 1.54) is 6.33 Å². The van der Waals surface area contributed by atoms with Crippen molar-refractivity contribution >= 4 is 22.9 Å². The number of aliphatic hydroxyl groups is 1. The molecule has 1 saturated carbocycles. The number of anilines is 1. The highest BCUT2D eigenvalue weighted by Gasteiger charge is 2.39. The summed E-state index contributed by atoms with van der Waals surface area (Å²) >= 11 is 0. The fourth-order valence-corrected chi connectivity index (χ4v) is 3.07. The summed E-state index contributed by atoms with van der Waals surface area (Å²) in [7, 11) is 0. The number of nitrogens with one attached hydrogen (secondary N) is 1. The summed E-state index contributed by atoms with van der Waals surface area (Å²) in [6.45, 7) is -0.113. The third-order valence-electron chi connectivity index (χ3n) is 4.13. The predicted molar refractivity (Wildman–Crippen MR) is 72.0 cm³/mol. The maximum Gasteiger partial charge on any atom is 0.246 e. The number of carbonyl (C=O) groups is 1. The topological polar surface area (TPSA) is 139 Å². The largest absolute Gasteiger partial charge is 0.396 e. The zero-order chi connectivity index (χ0) is 15.0. The lowest BCUT2D eigenvalue weighted by Crippen LogP contribution is -2.31. The van der Waals surface area contributed by atoms with Gasteiger partial charge in [0.1, 0.15) is 11.8 Å². The number of nitrogens with two attached hydrogens (primary N) is 1. The van der Waals surface area contributed by atoms with Crippen molar-refractivity contribution in [3.8, 4) is 0 Å². The van der Waals surface area contributed by atoms with Crippen molar-refractivity contribution in [3.05, 3.63) is 12.7 Å². The highest BCUT2D eigenvalue weighted by atomic mass is 16.5. The van der Waals surface area contributed by atoms with Gasteiger partial charge in [0.25, 0.3) is 0 Å². The minimum Gasteiger partial charge on any atom is -0.396 e. The molecule has 1 amide bonds. The molecule has 0 aliphatic heterocycles. The zero-order valence-corrected chi connectivity index (χ0v) is 11.2. The molecule has 1 aliphatic carbocycles. The van der Waals surface area contributed by atoms with Crippen LogP contribution in [0.3, 0.4) is 0 Å². The van der Waals surface area contributed by atoms with Gasteiger partial charge in [-0.15, -0.1) is 0 Å². The molecule has 3 rings (SSSR count). The molecule has 2 aromatic rings. The molecule has 0 spiro atoms. The summed E-state index contributed by atoms with van der Waals surface area (Å²) in [5, 5.41) is 18.2. The van der Waals surface area contributed by atoms with Gasteiger partial charge < -0.3 is 15.4 Å². The number of imidazole rings is 1. The first kappa shape index (κ1) is 13.7. The molecule has 0 bridgehead atoms. The molecule has 3 atom stereocenters. The monoisotopic (exact) mass is 292 g/mol. The van der Waals surface area contributed by atoms with E-state index in [4.69, 9.17) is 10.9 Å². The van der Waals surface area contributed by atoms with Gasteiger partial charge in [-0.05, 0) is 18.8 Å². The zero-order valence-electron chi connectivity index (χ0n) is 11.2. The first-order valence-electron chi connectivity index (χ1n) is 6.63. The Hall–Kier alpha value is -2.26. The maximum absolute atomic E-state index is 11.7. The second-order valence-corrected chi connectivity index (χ2v) is 5.23. The highest BCUT2D eigenvalue weighted by molar-refractivity contribution is 5.81. The lowest BCUT2D eigenvalue weighted by atomic mass is 9.96. The fourth-order valence-electron chi connectivity index (χ4n) is 3.07. The molecule has 0 saturated heterocycles. The van der Waals surface area contributed by atoms with Crippen molar-refractivity contribution < 1.29 is 15.1 Å². The van der Waals surface area contributed by atoms with Gasteiger partial charge in [-0.25, -0.2) is 20.4 Å². The summed E-state index contributed by atoms with van der Waals surface area (Å²) < 4.78 is 1.85. The number of nitrogen functional groups attached to an aromatic ring is 1. The predicted octanol–water partition coefficient (Wildman–Crippen LogP) is -0.527. The SMILES string of the molecule is Nc1ncnc2c1ncn2[C@@H]1C[C@@H](CO)[C@@H](C(=O)NO)C1. The molecule has 5 N–H and O–H groups in total. The first-order chi connectivity index (χ1) is 10.2. The van der Waals surface area contributed by atoms with Crippen molar-refractivity contribution in [1.82, 2.24) is 25.0 Å². The Balaban J connectivity index is 1.93. The summed E-state index contributed by atoms with van der Waals surface area (Å²) in [6, 6.07) is -0.0382. The molecule has 112 valence electrons. The number of aliphatic hydroxyl groups excluding tert-OH is 1. The van der Waals surface area contributed by atoms with Crippen molar-refractivity contribution in [2.24, 2.45) is 11.8 Å². The quantitative estimate of drug-likeness (QED) is 0.440. The van der Waals surface area contributed by atoms with Crippen molar-refractivity contribution in [3.63, 3.8) is 0 Å². The Kier molecular flexibility index (Phi) is 3.43. The Bertz CT molecular complexity index is 672.